The predicted octanol–water partition coefficient (Wildman–Crippen LogP) is -2.27. The van der Waals surface area contributed by atoms with E-state index in [1.54, 1.807) is 12.4 Å². The Labute approximate surface area is 104 Å². The van der Waals surface area contributed by atoms with Crippen LogP contribution >= 0.6 is 24.8 Å². The highest BCUT2D eigenvalue weighted by molar-refractivity contribution is 5.85. The summed E-state index contributed by atoms with van der Waals surface area (Å²) in [7, 11) is 0. The van der Waals surface area contributed by atoms with Crippen molar-refractivity contribution in [2.45, 2.75) is 12.5 Å². The van der Waals surface area contributed by atoms with Crippen molar-refractivity contribution < 1.29 is 26.3 Å². The molecule has 0 aliphatic heterocycles. The molecule has 10 heteroatoms. The van der Waals surface area contributed by atoms with E-state index in [2.05, 4.69) is 9.97 Å². The lowest BCUT2D eigenvalue weighted by atomic mass is 10.2. The first-order chi connectivity index (χ1) is 5.20. The van der Waals surface area contributed by atoms with Gasteiger partial charge in [-0.3, -0.25) is 4.79 Å². The Balaban J connectivity index is -0.0000000807. The second-order valence-electron chi connectivity index (χ2n) is 2.18. The Morgan fingerprint density at radius 2 is 1.94 bits per heavy atom. The van der Waals surface area contributed by atoms with E-state index in [0.717, 1.165) is 0 Å². The summed E-state index contributed by atoms with van der Waals surface area (Å²) < 4.78 is 0. The first-order valence-corrected chi connectivity index (χ1v) is 3.17. The number of carboxylic acids is 1. The number of imidazole rings is 1. The SMILES string of the molecule is Cl.Cl.NC(Cc1ncc[nH]1)C(=O)O.O.O.O. The Morgan fingerprint density at radius 3 is 2.25 bits per heavy atom. The molecular formula is C6H17Cl2N3O5. The molecule has 100 valence electrons. The molecule has 1 atom stereocenters. The molecule has 1 unspecified atom stereocenters. The minimum atomic E-state index is -1.01. The maximum atomic E-state index is 10.3. The first-order valence-electron chi connectivity index (χ1n) is 3.17. The van der Waals surface area contributed by atoms with Gasteiger partial charge in [0, 0.05) is 18.8 Å². The largest absolute Gasteiger partial charge is 0.480 e. The van der Waals surface area contributed by atoms with Crippen LogP contribution in [-0.2, 0) is 11.2 Å². The number of nitrogens with one attached hydrogen (secondary N) is 1. The monoisotopic (exact) mass is 281 g/mol. The number of rotatable bonds is 3. The molecule has 0 aliphatic rings. The number of aromatic nitrogens is 2. The summed E-state index contributed by atoms with van der Waals surface area (Å²) in [6, 6.07) is -0.874. The quantitative estimate of drug-likeness (QED) is 0.564. The number of carbonyl (C=O) groups is 1. The first kappa shape index (κ1) is 29.4. The zero-order chi connectivity index (χ0) is 8.27. The predicted molar refractivity (Wildman–Crippen MR) is 63.2 cm³/mol. The Hall–Kier alpha value is -0.900. The molecule has 10 N–H and O–H groups in total. The second kappa shape index (κ2) is 14.1. The van der Waals surface area contributed by atoms with E-state index in [1.807, 2.05) is 0 Å². The standard InChI is InChI=1S/C6H9N3O2.2ClH.3H2O/c7-4(6(10)11)3-5-8-1-2-9-5;;;;;/h1-2,4H,3,7H2,(H,8,9)(H,10,11);2*1H;3*1H2. The van der Waals surface area contributed by atoms with E-state index in [1.165, 1.54) is 0 Å². The number of hydrogen-bond donors (Lipinski definition) is 3. The molecule has 1 aromatic rings. The molecule has 1 aromatic heterocycles. The fraction of sp³-hybridized carbons (Fsp3) is 0.333. The third-order valence-electron chi connectivity index (χ3n) is 1.29. The van der Waals surface area contributed by atoms with Crippen LogP contribution in [0.1, 0.15) is 5.82 Å². The highest BCUT2D eigenvalue weighted by Crippen LogP contribution is 1.93. The van der Waals surface area contributed by atoms with Gasteiger partial charge in [0.2, 0.25) is 0 Å². The number of halogens is 2. The summed E-state index contributed by atoms with van der Waals surface area (Å²) in [5.41, 5.74) is 5.25. The minimum absolute atomic E-state index is 0. The van der Waals surface area contributed by atoms with Crippen LogP contribution in [-0.4, -0.2) is 43.5 Å². The number of nitrogens with zero attached hydrogens (tertiary/aromatic N) is 1. The molecule has 0 aromatic carbocycles. The highest BCUT2D eigenvalue weighted by atomic mass is 35.5. The zero-order valence-corrected chi connectivity index (χ0v) is 9.77. The summed E-state index contributed by atoms with van der Waals surface area (Å²) in [4.78, 5) is 16.9. The lowest BCUT2D eigenvalue weighted by Crippen LogP contribution is -2.32. The van der Waals surface area contributed by atoms with Gasteiger partial charge in [0.1, 0.15) is 11.9 Å². The van der Waals surface area contributed by atoms with Crippen LogP contribution in [0.5, 0.6) is 0 Å². The van der Waals surface area contributed by atoms with Gasteiger partial charge in [0.15, 0.2) is 0 Å². The molecule has 8 nitrogen and oxygen atoms in total. The zero-order valence-electron chi connectivity index (χ0n) is 8.14. The fourth-order valence-electron chi connectivity index (χ4n) is 0.705. The molecule has 0 aliphatic carbocycles. The van der Waals surface area contributed by atoms with E-state index in [-0.39, 0.29) is 47.7 Å². The molecule has 0 saturated heterocycles. The number of aliphatic carboxylic acids is 1. The van der Waals surface area contributed by atoms with E-state index in [0.29, 0.717) is 5.82 Å². The average molecular weight is 282 g/mol. The molecular weight excluding hydrogens is 265 g/mol. The maximum Gasteiger partial charge on any atom is 0.320 e. The van der Waals surface area contributed by atoms with Crippen molar-refractivity contribution in [2.24, 2.45) is 5.73 Å². The van der Waals surface area contributed by atoms with Crippen molar-refractivity contribution in [1.29, 1.82) is 0 Å². The number of hydrogen-bond acceptors (Lipinski definition) is 3. The fourth-order valence-corrected chi connectivity index (χ4v) is 0.705. The van der Waals surface area contributed by atoms with Crippen LogP contribution in [0.15, 0.2) is 12.4 Å². The van der Waals surface area contributed by atoms with E-state index < -0.39 is 12.0 Å². The van der Waals surface area contributed by atoms with Crippen molar-refractivity contribution in [1.82, 2.24) is 9.97 Å². The summed E-state index contributed by atoms with van der Waals surface area (Å²) >= 11 is 0. The van der Waals surface area contributed by atoms with Gasteiger partial charge in [0.25, 0.3) is 0 Å². The normalized spacial score (nSPS) is 8.81. The average Bonchev–Trinajstić information content (AvgIpc) is 2.39. The Morgan fingerprint density at radius 1 is 1.44 bits per heavy atom. The van der Waals surface area contributed by atoms with Crippen molar-refractivity contribution in [3.63, 3.8) is 0 Å². The van der Waals surface area contributed by atoms with Gasteiger partial charge in [-0.05, 0) is 0 Å². The van der Waals surface area contributed by atoms with Gasteiger partial charge in [-0.1, -0.05) is 0 Å². The second-order valence-corrected chi connectivity index (χ2v) is 2.18. The molecule has 1 rings (SSSR count). The molecule has 0 bridgehead atoms. The number of carboxylic acid groups (broad SMARTS) is 1. The highest BCUT2D eigenvalue weighted by Gasteiger charge is 2.12. The lowest BCUT2D eigenvalue weighted by Gasteiger charge is -2.01. The minimum Gasteiger partial charge on any atom is -0.480 e. The van der Waals surface area contributed by atoms with Gasteiger partial charge in [-0.25, -0.2) is 4.98 Å². The topological polar surface area (TPSA) is 186 Å². The van der Waals surface area contributed by atoms with E-state index in [9.17, 15) is 4.79 Å². The van der Waals surface area contributed by atoms with Gasteiger partial charge >= 0.3 is 5.97 Å². The summed E-state index contributed by atoms with van der Waals surface area (Å²) in [6.45, 7) is 0. The summed E-state index contributed by atoms with van der Waals surface area (Å²) in [5, 5.41) is 8.41. The van der Waals surface area contributed by atoms with Crippen molar-refractivity contribution >= 4 is 30.8 Å². The van der Waals surface area contributed by atoms with Crippen LogP contribution in [0.4, 0.5) is 0 Å². The van der Waals surface area contributed by atoms with Crippen LogP contribution in [0, 0.1) is 0 Å². The van der Waals surface area contributed by atoms with Gasteiger partial charge in [-0.15, -0.1) is 24.8 Å². The van der Waals surface area contributed by atoms with Gasteiger partial charge in [0.05, 0.1) is 0 Å². The van der Waals surface area contributed by atoms with E-state index >= 15 is 0 Å². The molecule has 0 fully saturated rings. The summed E-state index contributed by atoms with van der Waals surface area (Å²) in [6.07, 6.45) is 3.43. The van der Waals surface area contributed by atoms with Crippen LogP contribution < -0.4 is 5.73 Å². The smallest absolute Gasteiger partial charge is 0.320 e. The molecule has 0 spiro atoms. The number of H-pyrrole nitrogens is 1. The molecule has 0 amide bonds. The van der Waals surface area contributed by atoms with Crippen LogP contribution in [0.2, 0.25) is 0 Å². The van der Waals surface area contributed by atoms with Gasteiger partial charge < -0.3 is 32.3 Å². The maximum absolute atomic E-state index is 10.3. The third-order valence-corrected chi connectivity index (χ3v) is 1.29. The molecule has 0 saturated carbocycles. The summed E-state index contributed by atoms with van der Waals surface area (Å²) in [5.74, 6) is -0.415. The van der Waals surface area contributed by atoms with Crippen molar-refractivity contribution in [2.75, 3.05) is 0 Å². The number of aromatic amines is 1. The van der Waals surface area contributed by atoms with Gasteiger partial charge in [-0.2, -0.15) is 0 Å². The van der Waals surface area contributed by atoms with Crippen molar-refractivity contribution in [3.8, 4) is 0 Å². The molecule has 1 heterocycles. The lowest BCUT2D eigenvalue weighted by molar-refractivity contribution is -0.138. The molecule has 16 heavy (non-hydrogen) atoms. The molecule has 0 radical (unpaired) electrons. The van der Waals surface area contributed by atoms with Crippen molar-refractivity contribution in [3.05, 3.63) is 18.2 Å². The number of nitrogens with two attached hydrogens (primary N) is 1. The third kappa shape index (κ3) is 9.65. The van der Waals surface area contributed by atoms with Crippen LogP contribution in [0.3, 0.4) is 0 Å². The van der Waals surface area contributed by atoms with E-state index in [4.69, 9.17) is 10.8 Å². The Kier molecular flexibility index (Phi) is 25.9. The van der Waals surface area contributed by atoms with Crippen LogP contribution in [0.25, 0.3) is 0 Å². The Bertz CT molecular complexity index is 246.